The lowest BCUT2D eigenvalue weighted by Crippen LogP contribution is -2.66. The van der Waals surface area contributed by atoms with Crippen molar-refractivity contribution in [3.63, 3.8) is 0 Å². The first-order valence-electron chi connectivity index (χ1n) is 4.44. The van der Waals surface area contributed by atoms with Crippen LogP contribution in [0.4, 0.5) is 22.0 Å². The summed E-state index contributed by atoms with van der Waals surface area (Å²) in [6.45, 7) is 1.38. The number of alkyl halides is 5. The van der Waals surface area contributed by atoms with E-state index in [1.54, 1.807) is 0 Å². The van der Waals surface area contributed by atoms with E-state index in [1.807, 2.05) is 0 Å². The molecule has 2 aliphatic heterocycles. The van der Waals surface area contributed by atoms with Gasteiger partial charge in [-0.15, -0.1) is 0 Å². The molecule has 0 aromatic carbocycles. The highest BCUT2D eigenvalue weighted by Gasteiger charge is 2.83. The third kappa shape index (κ3) is 1.05. The second-order valence-corrected chi connectivity index (χ2v) is 4.15. The summed E-state index contributed by atoms with van der Waals surface area (Å²) in [5.74, 6) is -4.94. The van der Waals surface area contributed by atoms with Gasteiger partial charge in [-0.25, -0.2) is 0 Å². The number of fused-ring (bicyclic) bond motifs is 2. The van der Waals surface area contributed by atoms with Gasteiger partial charge >= 0.3 is 12.1 Å². The van der Waals surface area contributed by atoms with Crippen molar-refractivity contribution in [3.8, 4) is 0 Å². The average molecular weight is 232 g/mol. The summed E-state index contributed by atoms with van der Waals surface area (Å²) in [6.07, 6.45) is -9.27. The van der Waals surface area contributed by atoms with Gasteiger partial charge in [0.25, 0.3) is 5.60 Å². The zero-order valence-electron chi connectivity index (χ0n) is 7.68. The normalized spacial score (nSPS) is 48.6. The standard InChI is InChI=1S/C8H9F5O2/c1-3-2-4-6(14,8(11,12)13)7(9,10)5(3)15-4/h3-5,14H,2H2,1H3/t3-,4?,5-,6?/m1/s1. The quantitative estimate of drug-likeness (QED) is 0.644. The van der Waals surface area contributed by atoms with Crippen LogP contribution in [0.25, 0.3) is 0 Å². The van der Waals surface area contributed by atoms with Gasteiger partial charge in [0.2, 0.25) is 0 Å². The van der Waals surface area contributed by atoms with Crippen LogP contribution in [0.2, 0.25) is 0 Å². The summed E-state index contributed by atoms with van der Waals surface area (Å²) < 4.78 is 68.4. The van der Waals surface area contributed by atoms with E-state index < -0.39 is 35.8 Å². The molecule has 2 unspecified atom stereocenters. The van der Waals surface area contributed by atoms with Crippen LogP contribution in [-0.4, -0.2) is 35.0 Å². The highest BCUT2D eigenvalue weighted by Crippen LogP contribution is 2.59. The van der Waals surface area contributed by atoms with E-state index in [0.717, 1.165) is 0 Å². The summed E-state index contributed by atoms with van der Waals surface area (Å²) >= 11 is 0. The van der Waals surface area contributed by atoms with E-state index in [4.69, 9.17) is 5.11 Å². The first-order valence-corrected chi connectivity index (χ1v) is 4.44. The van der Waals surface area contributed by atoms with Crippen molar-refractivity contribution < 1.29 is 31.8 Å². The summed E-state index contributed by atoms with van der Waals surface area (Å²) in [5, 5.41) is 9.16. The van der Waals surface area contributed by atoms with Crippen molar-refractivity contribution in [1.82, 2.24) is 0 Å². The van der Waals surface area contributed by atoms with Gasteiger partial charge < -0.3 is 9.84 Å². The highest BCUT2D eigenvalue weighted by atomic mass is 19.4. The molecule has 2 fully saturated rings. The van der Waals surface area contributed by atoms with E-state index in [-0.39, 0.29) is 6.42 Å². The predicted octanol–water partition coefficient (Wildman–Crippen LogP) is 1.72. The summed E-state index contributed by atoms with van der Waals surface area (Å²) in [4.78, 5) is 0. The Labute approximate surface area is 82.0 Å². The van der Waals surface area contributed by atoms with Gasteiger partial charge in [-0.05, 0) is 12.3 Å². The van der Waals surface area contributed by atoms with E-state index in [1.165, 1.54) is 6.92 Å². The van der Waals surface area contributed by atoms with Gasteiger partial charge in [0, 0.05) is 0 Å². The molecule has 0 spiro atoms. The molecule has 0 aromatic heterocycles. The Hall–Kier alpha value is -0.430. The zero-order valence-corrected chi connectivity index (χ0v) is 7.68. The fourth-order valence-corrected chi connectivity index (χ4v) is 2.34. The second kappa shape index (κ2) is 2.63. The van der Waals surface area contributed by atoms with Gasteiger partial charge in [-0.1, -0.05) is 6.92 Å². The number of hydrogen-bond acceptors (Lipinski definition) is 2. The Kier molecular flexibility index (Phi) is 1.94. The largest absolute Gasteiger partial charge is 0.425 e. The molecule has 2 aliphatic rings. The van der Waals surface area contributed by atoms with E-state index >= 15 is 0 Å². The lowest BCUT2D eigenvalue weighted by Gasteiger charge is -2.39. The topological polar surface area (TPSA) is 29.5 Å². The van der Waals surface area contributed by atoms with Crippen molar-refractivity contribution in [1.29, 1.82) is 0 Å². The SMILES string of the molecule is C[C@@H]1CC2O[C@H]1C(F)(F)C2(O)C(F)(F)F. The van der Waals surface area contributed by atoms with Crippen LogP contribution in [0.5, 0.6) is 0 Å². The van der Waals surface area contributed by atoms with E-state index in [2.05, 4.69) is 4.74 Å². The summed E-state index contributed by atoms with van der Waals surface area (Å²) in [5.41, 5.74) is -4.03. The molecular weight excluding hydrogens is 223 g/mol. The number of aliphatic hydroxyl groups is 1. The van der Waals surface area contributed by atoms with Gasteiger partial charge in [-0.2, -0.15) is 22.0 Å². The maximum absolute atomic E-state index is 13.3. The molecule has 0 aromatic rings. The first kappa shape index (κ1) is 11.1. The fraction of sp³-hybridized carbons (Fsp3) is 1.00. The van der Waals surface area contributed by atoms with E-state index in [0.29, 0.717) is 0 Å². The van der Waals surface area contributed by atoms with Crippen molar-refractivity contribution >= 4 is 0 Å². The predicted molar refractivity (Wildman–Crippen MR) is 38.4 cm³/mol. The van der Waals surface area contributed by atoms with Crippen LogP contribution in [0.15, 0.2) is 0 Å². The fourth-order valence-electron chi connectivity index (χ4n) is 2.34. The van der Waals surface area contributed by atoms with Gasteiger partial charge in [-0.3, -0.25) is 0 Å². The Morgan fingerprint density at radius 2 is 1.87 bits per heavy atom. The van der Waals surface area contributed by atoms with E-state index in [9.17, 15) is 22.0 Å². The number of hydrogen-bond donors (Lipinski definition) is 1. The highest BCUT2D eigenvalue weighted by molar-refractivity contribution is 5.18. The lowest BCUT2D eigenvalue weighted by atomic mass is 9.76. The first-order chi connectivity index (χ1) is 6.62. The van der Waals surface area contributed by atoms with Gasteiger partial charge in [0.15, 0.2) is 0 Å². The van der Waals surface area contributed by atoms with Crippen LogP contribution in [0.3, 0.4) is 0 Å². The lowest BCUT2D eigenvalue weighted by molar-refractivity contribution is -0.335. The minimum atomic E-state index is -5.38. The monoisotopic (exact) mass is 232 g/mol. The van der Waals surface area contributed by atoms with Crippen LogP contribution in [0.1, 0.15) is 13.3 Å². The maximum Gasteiger partial charge on any atom is 0.425 e. The van der Waals surface area contributed by atoms with Crippen LogP contribution < -0.4 is 0 Å². The third-order valence-corrected chi connectivity index (χ3v) is 3.18. The van der Waals surface area contributed by atoms with Crippen molar-refractivity contribution in [2.45, 2.75) is 43.3 Å². The van der Waals surface area contributed by atoms with Gasteiger partial charge in [0.1, 0.15) is 12.2 Å². The molecule has 1 N–H and O–H groups in total. The van der Waals surface area contributed by atoms with Crippen LogP contribution in [0, 0.1) is 5.92 Å². The Morgan fingerprint density at radius 3 is 2.20 bits per heavy atom. The van der Waals surface area contributed by atoms with Crippen molar-refractivity contribution in [2.75, 3.05) is 0 Å². The Morgan fingerprint density at radius 1 is 1.33 bits per heavy atom. The summed E-state index contributed by atoms with van der Waals surface area (Å²) in [6, 6.07) is 0. The Bertz CT molecular complexity index is 289. The molecule has 0 radical (unpaired) electrons. The molecule has 0 saturated carbocycles. The minimum Gasteiger partial charge on any atom is -0.374 e. The molecule has 2 bridgehead atoms. The zero-order chi connectivity index (χ0) is 11.6. The van der Waals surface area contributed by atoms with Crippen molar-refractivity contribution in [2.24, 2.45) is 5.92 Å². The molecule has 7 heteroatoms. The average Bonchev–Trinajstić information content (AvgIpc) is 2.49. The molecule has 4 atom stereocenters. The molecule has 2 nitrogen and oxygen atoms in total. The minimum absolute atomic E-state index is 0.198. The number of rotatable bonds is 0. The second-order valence-electron chi connectivity index (χ2n) is 4.15. The number of ether oxygens (including phenoxy) is 1. The molecule has 2 heterocycles. The third-order valence-electron chi connectivity index (χ3n) is 3.18. The van der Waals surface area contributed by atoms with Crippen LogP contribution >= 0.6 is 0 Å². The molecular formula is C8H9F5O2. The smallest absolute Gasteiger partial charge is 0.374 e. The molecule has 0 amide bonds. The Balaban J connectivity index is 2.45. The maximum atomic E-state index is 13.3. The number of halogens is 5. The summed E-state index contributed by atoms with van der Waals surface area (Å²) in [7, 11) is 0. The molecule has 88 valence electrons. The van der Waals surface area contributed by atoms with Crippen LogP contribution in [-0.2, 0) is 4.74 Å². The van der Waals surface area contributed by atoms with Crippen molar-refractivity contribution in [3.05, 3.63) is 0 Å². The van der Waals surface area contributed by atoms with Gasteiger partial charge in [0.05, 0.1) is 0 Å². The molecule has 15 heavy (non-hydrogen) atoms. The molecule has 2 saturated heterocycles. The molecule has 2 rings (SSSR count). The molecule has 0 aliphatic carbocycles.